The third kappa shape index (κ3) is 4.27. The summed E-state index contributed by atoms with van der Waals surface area (Å²) in [4.78, 5) is 1.33. The van der Waals surface area contributed by atoms with E-state index in [-0.39, 0.29) is 0 Å². The van der Waals surface area contributed by atoms with Gasteiger partial charge in [-0.15, -0.1) is 11.8 Å². The molecule has 0 bridgehead atoms. The van der Waals surface area contributed by atoms with Gasteiger partial charge >= 0.3 is 0 Å². The number of benzene rings is 1. The van der Waals surface area contributed by atoms with Crippen molar-refractivity contribution in [3.8, 4) is 0 Å². The van der Waals surface area contributed by atoms with Crippen molar-refractivity contribution in [2.24, 2.45) is 0 Å². The standard InChI is InChI=1S/C13H21NS/c1-4-5-10-14-11(2)12-6-8-13(15-3)9-7-12/h6-9,11,14H,4-5,10H2,1-3H3/t11-/m0/s1. The molecule has 1 nitrogen and oxygen atoms in total. The SMILES string of the molecule is CCCCN[C@@H](C)c1ccc(SC)cc1. The van der Waals surface area contributed by atoms with Crippen LogP contribution in [-0.2, 0) is 0 Å². The van der Waals surface area contributed by atoms with Crippen LogP contribution in [0.3, 0.4) is 0 Å². The quantitative estimate of drug-likeness (QED) is 0.580. The predicted molar refractivity (Wildman–Crippen MR) is 69.5 cm³/mol. The van der Waals surface area contributed by atoms with Gasteiger partial charge in [0.1, 0.15) is 0 Å². The van der Waals surface area contributed by atoms with Gasteiger partial charge in [0.05, 0.1) is 0 Å². The molecular formula is C13H21NS. The summed E-state index contributed by atoms with van der Waals surface area (Å²) in [5, 5.41) is 3.53. The number of hydrogen-bond donors (Lipinski definition) is 1. The Bertz CT molecular complexity index is 268. The first-order chi connectivity index (χ1) is 7.27. The number of unbranched alkanes of at least 4 members (excludes halogenated alkanes) is 1. The molecule has 1 aromatic carbocycles. The van der Waals surface area contributed by atoms with Crippen molar-refractivity contribution in [2.75, 3.05) is 12.8 Å². The molecule has 0 saturated heterocycles. The topological polar surface area (TPSA) is 12.0 Å². The van der Waals surface area contributed by atoms with Gasteiger partial charge in [0, 0.05) is 10.9 Å². The van der Waals surface area contributed by atoms with Crippen LogP contribution in [0.1, 0.15) is 38.3 Å². The Morgan fingerprint density at radius 1 is 1.27 bits per heavy atom. The summed E-state index contributed by atoms with van der Waals surface area (Å²) in [6.07, 6.45) is 4.62. The van der Waals surface area contributed by atoms with Crippen LogP contribution in [0, 0.1) is 0 Å². The van der Waals surface area contributed by atoms with Crippen molar-refractivity contribution >= 4 is 11.8 Å². The van der Waals surface area contributed by atoms with Crippen molar-refractivity contribution in [1.29, 1.82) is 0 Å². The molecule has 1 N–H and O–H groups in total. The number of nitrogens with one attached hydrogen (secondary N) is 1. The van der Waals surface area contributed by atoms with Crippen LogP contribution < -0.4 is 5.32 Å². The van der Waals surface area contributed by atoms with Crippen LogP contribution in [0.4, 0.5) is 0 Å². The second kappa shape index (κ2) is 6.91. The molecule has 0 spiro atoms. The number of hydrogen-bond acceptors (Lipinski definition) is 2. The third-order valence-electron chi connectivity index (χ3n) is 2.60. The second-order valence-corrected chi connectivity index (χ2v) is 4.68. The maximum absolute atomic E-state index is 3.53. The Balaban J connectivity index is 2.46. The zero-order chi connectivity index (χ0) is 11.1. The summed E-state index contributed by atoms with van der Waals surface area (Å²) in [5.74, 6) is 0. The van der Waals surface area contributed by atoms with E-state index in [9.17, 15) is 0 Å². The molecule has 0 aliphatic rings. The molecule has 84 valence electrons. The highest BCUT2D eigenvalue weighted by Gasteiger charge is 2.03. The molecule has 0 saturated carbocycles. The molecule has 0 fully saturated rings. The fourth-order valence-electron chi connectivity index (χ4n) is 1.51. The fraction of sp³-hybridized carbons (Fsp3) is 0.538. The molecule has 0 radical (unpaired) electrons. The van der Waals surface area contributed by atoms with Gasteiger partial charge in [-0.2, -0.15) is 0 Å². The minimum absolute atomic E-state index is 0.465. The molecule has 0 unspecified atom stereocenters. The molecule has 1 aromatic rings. The average molecular weight is 223 g/mol. The zero-order valence-corrected chi connectivity index (χ0v) is 10.7. The van der Waals surface area contributed by atoms with Gasteiger partial charge in [-0.05, 0) is 43.8 Å². The maximum Gasteiger partial charge on any atom is 0.0291 e. The minimum Gasteiger partial charge on any atom is -0.310 e. The van der Waals surface area contributed by atoms with Gasteiger partial charge in [-0.25, -0.2) is 0 Å². The van der Waals surface area contributed by atoms with E-state index in [1.807, 2.05) is 0 Å². The number of thioether (sulfide) groups is 1. The van der Waals surface area contributed by atoms with Crippen LogP contribution in [0.2, 0.25) is 0 Å². The summed E-state index contributed by atoms with van der Waals surface area (Å²) in [6, 6.07) is 9.29. The van der Waals surface area contributed by atoms with E-state index >= 15 is 0 Å². The summed E-state index contributed by atoms with van der Waals surface area (Å²) in [7, 11) is 0. The Hall–Kier alpha value is -0.470. The molecular weight excluding hydrogens is 202 g/mol. The van der Waals surface area contributed by atoms with Gasteiger partial charge in [-0.1, -0.05) is 25.5 Å². The highest BCUT2D eigenvalue weighted by molar-refractivity contribution is 7.98. The van der Waals surface area contributed by atoms with Gasteiger partial charge in [0.15, 0.2) is 0 Å². The van der Waals surface area contributed by atoms with Gasteiger partial charge in [0.2, 0.25) is 0 Å². The Morgan fingerprint density at radius 2 is 1.93 bits per heavy atom. The zero-order valence-electron chi connectivity index (χ0n) is 9.92. The molecule has 1 atom stereocenters. The van der Waals surface area contributed by atoms with E-state index in [4.69, 9.17) is 0 Å². The lowest BCUT2D eigenvalue weighted by molar-refractivity contribution is 0.554. The Labute approximate surface area is 97.7 Å². The van der Waals surface area contributed by atoms with Crippen LogP contribution in [0.25, 0.3) is 0 Å². The molecule has 1 rings (SSSR count). The predicted octanol–water partition coefficient (Wildman–Crippen LogP) is 3.86. The number of rotatable bonds is 6. The lowest BCUT2D eigenvalue weighted by Gasteiger charge is -2.14. The van der Waals surface area contributed by atoms with Crippen LogP contribution >= 0.6 is 11.8 Å². The maximum atomic E-state index is 3.53. The first-order valence-electron chi connectivity index (χ1n) is 5.65. The van der Waals surface area contributed by atoms with Gasteiger partial charge < -0.3 is 5.32 Å². The fourth-order valence-corrected chi connectivity index (χ4v) is 1.91. The van der Waals surface area contributed by atoms with Gasteiger partial charge in [-0.3, -0.25) is 0 Å². The van der Waals surface area contributed by atoms with Crippen molar-refractivity contribution in [1.82, 2.24) is 5.32 Å². The summed E-state index contributed by atoms with van der Waals surface area (Å²) < 4.78 is 0. The molecule has 0 aliphatic heterocycles. The molecule has 2 heteroatoms. The summed E-state index contributed by atoms with van der Waals surface area (Å²) in [6.45, 7) is 5.56. The average Bonchev–Trinajstić information content (AvgIpc) is 2.29. The normalized spacial score (nSPS) is 12.7. The molecule has 0 heterocycles. The van der Waals surface area contributed by atoms with E-state index < -0.39 is 0 Å². The first-order valence-corrected chi connectivity index (χ1v) is 6.87. The molecule has 0 aromatic heterocycles. The van der Waals surface area contributed by atoms with Crippen LogP contribution in [0.5, 0.6) is 0 Å². The molecule has 15 heavy (non-hydrogen) atoms. The smallest absolute Gasteiger partial charge is 0.0291 e. The van der Waals surface area contributed by atoms with Crippen LogP contribution in [-0.4, -0.2) is 12.8 Å². The van der Waals surface area contributed by atoms with Gasteiger partial charge in [0.25, 0.3) is 0 Å². The first kappa shape index (κ1) is 12.6. The van der Waals surface area contributed by atoms with Crippen molar-refractivity contribution < 1.29 is 0 Å². The third-order valence-corrected chi connectivity index (χ3v) is 3.34. The van der Waals surface area contributed by atoms with Crippen LogP contribution in [0.15, 0.2) is 29.2 Å². The largest absolute Gasteiger partial charge is 0.310 e. The van der Waals surface area contributed by atoms with E-state index in [1.54, 1.807) is 11.8 Å². The Morgan fingerprint density at radius 3 is 2.47 bits per heavy atom. The second-order valence-electron chi connectivity index (χ2n) is 3.80. The Kier molecular flexibility index (Phi) is 5.81. The highest BCUT2D eigenvalue weighted by Crippen LogP contribution is 2.18. The lowest BCUT2D eigenvalue weighted by Crippen LogP contribution is -2.19. The monoisotopic (exact) mass is 223 g/mol. The van der Waals surface area contributed by atoms with E-state index in [1.165, 1.54) is 23.3 Å². The molecule has 0 amide bonds. The lowest BCUT2D eigenvalue weighted by atomic mass is 10.1. The van der Waals surface area contributed by atoms with Crippen molar-refractivity contribution in [3.05, 3.63) is 29.8 Å². The minimum atomic E-state index is 0.465. The van der Waals surface area contributed by atoms with E-state index in [2.05, 4.69) is 49.7 Å². The summed E-state index contributed by atoms with van der Waals surface area (Å²) >= 11 is 1.79. The van der Waals surface area contributed by atoms with Crippen molar-refractivity contribution in [2.45, 2.75) is 37.6 Å². The highest BCUT2D eigenvalue weighted by atomic mass is 32.2. The van der Waals surface area contributed by atoms with Crippen molar-refractivity contribution in [3.63, 3.8) is 0 Å². The summed E-state index contributed by atoms with van der Waals surface area (Å²) in [5.41, 5.74) is 1.38. The van der Waals surface area contributed by atoms with E-state index in [0.29, 0.717) is 6.04 Å². The molecule has 0 aliphatic carbocycles. The van der Waals surface area contributed by atoms with E-state index in [0.717, 1.165) is 6.54 Å².